The lowest BCUT2D eigenvalue weighted by Crippen LogP contribution is -2.07. The minimum absolute atomic E-state index is 0.115. The number of benzene rings is 2. The maximum atomic E-state index is 11.8. The maximum absolute atomic E-state index is 11.8. The van der Waals surface area contributed by atoms with E-state index in [1.54, 1.807) is 17.8 Å². The predicted octanol–water partition coefficient (Wildman–Crippen LogP) is 5.05. The van der Waals surface area contributed by atoms with Crippen LogP contribution in [-0.2, 0) is 4.79 Å². The third-order valence-electron chi connectivity index (χ3n) is 3.00. The van der Waals surface area contributed by atoms with Crippen LogP contribution in [0.5, 0.6) is 0 Å². The van der Waals surface area contributed by atoms with Gasteiger partial charge in [-0.05, 0) is 35.1 Å². The number of amides is 1. The van der Waals surface area contributed by atoms with E-state index < -0.39 is 0 Å². The SMILES string of the molecule is CC(C)c1ccccc1SC=CC(=O)Nc1ccccc1. The Balaban J connectivity index is 1.95. The van der Waals surface area contributed by atoms with Gasteiger partial charge in [-0.2, -0.15) is 0 Å². The standard InChI is InChI=1S/C18H19NOS/c1-14(2)16-10-6-7-11-17(16)21-13-12-18(20)19-15-8-4-3-5-9-15/h3-14H,1-2H3,(H,19,20). The largest absolute Gasteiger partial charge is 0.322 e. The van der Waals surface area contributed by atoms with Crippen molar-refractivity contribution < 1.29 is 4.79 Å². The van der Waals surface area contributed by atoms with Crippen LogP contribution in [0.4, 0.5) is 5.69 Å². The highest BCUT2D eigenvalue weighted by Gasteiger charge is 2.04. The summed E-state index contributed by atoms with van der Waals surface area (Å²) in [5.74, 6) is 0.357. The van der Waals surface area contributed by atoms with Crippen LogP contribution >= 0.6 is 11.8 Å². The van der Waals surface area contributed by atoms with Gasteiger partial charge in [-0.15, -0.1) is 0 Å². The fraction of sp³-hybridized carbons (Fsp3) is 0.167. The molecule has 0 aliphatic rings. The normalized spacial score (nSPS) is 11.0. The molecular formula is C18H19NOS. The number of carbonyl (C=O) groups excluding carboxylic acids is 1. The maximum Gasteiger partial charge on any atom is 0.248 e. The third kappa shape index (κ3) is 4.80. The number of hydrogen-bond acceptors (Lipinski definition) is 2. The van der Waals surface area contributed by atoms with Crippen LogP contribution in [0.2, 0.25) is 0 Å². The number of rotatable bonds is 5. The molecule has 108 valence electrons. The van der Waals surface area contributed by atoms with E-state index in [2.05, 4.69) is 31.3 Å². The summed E-state index contributed by atoms with van der Waals surface area (Å²) in [5, 5.41) is 4.66. The summed E-state index contributed by atoms with van der Waals surface area (Å²) in [7, 11) is 0. The molecule has 0 atom stereocenters. The molecule has 0 aliphatic carbocycles. The molecule has 0 bridgehead atoms. The Morgan fingerprint density at radius 3 is 2.43 bits per heavy atom. The fourth-order valence-electron chi connectivity index (χ4n) is 1.94. The van der Waals surface area contributed by atoms with Gasteiger partial charge in [0.15, 0.2) is 0 Å². The van der Waals surface area contributed by atoms with E-state index >= 15 is 0 Å². The van der Waals surface area contributed by atoms with Crippen molar-refractivity contribution in [2.24, 2.45) is 0 Å². The van der Waals surface area contributed by atoms with Crippen molar-refractivity contribution >= 4 is 23.4 Å². The van der Waals surface area contributed by atoms with Crippen molar-refractivity contribution in [2.45, 2.75) is 24.7 Å². The molecule has 0 unspecified atom stereocenters. The first-order valence-electron chi connectivity index (χ1n) is 6.95. The lowest BCUT2D eigenvalue weighted by Gasteiger charge is -2.09. The zero-order valence-corrected chi connectivity index (χ0v) is 13.1. The van der Waals surface area contributed by atoms with Crippen LogP contribution in [0.3, 0.4) is 0 Å². The molecule has 0 aliphatic heterocycles. The Morgan fingerprint density at radius 1 is 1.05 bits per heavy atom. The smallest absolute Gasteiger partial charge is 0.248 e. The average molecular weight is 297 g/mol. The second kappa shape index (κ2) is 7.70. The summed E-state index contributed by atoms with van der Waals surface area (Å²) >= 11 is 1.57. The Kier molecular flexibility index (Phi) is 5.64. The molecule has 2 aromatic carbocycles. The van der Waals surface area contributed by atoms with Gasteiger partial charge in [0.2, 0.25) is 5.91 Å². The van der Waals surface area contributed by atoms with E-state index in [0.717, 1.165) is 5.69 Å². The van der Waals surface area contributed by atoms with Crippen molar-refractivity contribution in [2.75, 3.05) is 5.32 Å². The molecular weight excluding hydrogens is 278 g/mol. The molecule has 0 saturated heterocycles. The van der Waals surface area contributed by atoms with Crippen LogP contribution in [0, 0.1) is 0 Å². The molecule has 2 rings (SSSR count). The molecule has 1 N–H and O–H groups in total. The fourth-order valence-corrected chi connectivity index (χ4v) is 2.87. The van der Waals surface area contributed by atoms with Gasteiger partial charge >= 0.3 is 0 Å². The summed E-state index contributed by atoms with van der Waals surface area (Å²) in [4.78, 5) is 13.0. The number of thioether (sulfide) groups is 1. The van der Waals surface area contributed by atoms with Gasteiger partial charge in [-0.25, -0.2) is 0 Å². The number of nitrogens with one attached hydrogen (secondary N) is 1. The number of hydrogen-bond donors (Lipinski definition) is 1. The first-order valence-corrected chi connectivity index (χ1v) is 7.83. The van der Waals surface area contributed by atoms with Crippen molar-refractivity contribution in [1.29, 1.82) is 0 Å². The first kappa shape index (κ1) is 15.4. The minimum Gasteiger partial charge on any atom is -0.322 e. The van der Waals surface area contributed by atoms with E-state index in [9.17, 15) is 4.79 Å². The molecule has 0 saturated carbocycles. The first-order chi connectivity index (χ1) is 10.2. The molecule has 0 radical (unpaired) electrons. The second-order valence-electron chi connectivity index (χ2n) is 4.97. The average Bonchev–Trinajstić information content (AvgIpc) is 2.48. The zero-order valence-electron chi connectivity index (χ0n) is 12.2. The van der Waals surface area contributed by atoms with Crippen LogP contribution in [0.25, 0.3) is 0 Å². The monoisotopic (exact) mass is 297 g/mol. The Labute approximate surface area is 130 Å². The van der Waals surface area contributed by atoms with E-state index in [1.807, 2.05) is 47.9 Å². The summed E-state index contributed by atoms with van der Waals surface area (Å²) in [6.45, 7) is 4.34. The van der Waals surface area contributed by atoms with Gasteiger partial charge in [-0.3, -0.25) is 4.79 Å². The van der Waals surface area contributed by atoms with Crippen molar-refractivity contribution in [3.8, 4) is 0 Å². The van der Waals surface area contributed by atoms with Gasteiger partial charge in [0.05, 0.1) is 0 Å². The van der Waals surface area contributed by atoms with Gasteiger partial charge in [-0.1, -0.05) is 62.0 Å². The van der Waals surface area contributed by atoms with Crippen LogP contribution in [0.15, 0.2) is 71.0 Å². The lowest BCUT2D eigenvalue weighted by atomic mass is 10.0. The molecule has 0 spiro atoms. The second-order valence-corrected chi connectivity index (χ2v) is 5.92. The Bertz CT molecular complexity index is 620. The highest BCUT2D eigenvalue weighted by Crippen LogP contribution is 2.28. The van der Waals surface area contributed by atoms with E-state index in [4.69, 9.17) is 0 Å². The van der Waals surface area contributed by atoms with Gasteiger partial charge < -0.3 is 5.32 Å². The molecule has 0 aromatic heterocycles. The predicted molar refractivity (Wildman–Crippen MR) is 90.6 cm³/mol. The highest BCUT2D eigenvalue weighted by atomic mass is 32.2. The summed E-state index contributed by atoms with van der Waals surface area (Å²) in [6.07, 6.45) is 1.56. The molecule has 3 heteroatoms. The molecule has 1 amide bonds. The van der Waals surface area contributed by atoms with Gasteiger partial charge in [0, 0.05) is 16.7 Å². The molecule has 0 fully saturated rings. The van der Waals surface area contributed by atoms with Gasteiger partial charge in [0.25, 0.3) is 0 Å². The number of para-hydroxylation sites is 1. The minimum atomic E-state index is -0.115. The summed E-state index contributed by atoms with van der Waals surface area (Å²) < 4.78 is 0. The lowest BCUT2D eigenvalue weighted by molar-refractivity contribution is -0.111. The molecule has 2 aromatic rings. The molecule has 0 heterocycles. The zero-order chi connectivity index (χ0) is 15.1. The molecule has 21 heavy (non-hydrogen) atoms. The van der Waals surface area contributed by atoms with Gasteiger partial charge in [0.1, 0.15) is 0 Å². The number of carbonyl (C=O) groups is 1. The van der Waals surface area contributed by atoms with Crippen molar-refractivity contribution in [3.05, 3.63) is 71.6 Å². The topological polar surface area (TPSA) is 29.1 Å². The van der Waals surface area contributed by atoms with E-state index in [-0.39, 0.29) is 5.91 Å². The van der Waals surface area contributed by atoms with Crippen LogP contribution in [-0.4, -0.2) is 5.91 Å². The van der Waals surface area contributed by atoms with Crippen LogP contribution in [0.1, 0.15) is 25.3 Å². The van der Waals surface area contributed by atoms with Crippen molar-refractivity contribution in [3.63, 3.8) is 0 Å². The van der Waals surface area contributed by atoms with Crippen LogP contribution < -0.4 is 5.32 Å². The third-order valence-corrected chi connectivity index (χ3v) is 3.89. The Morgan fingerprint density at radius 2 is 1.71 bits per heavy atom. The highest BCUT2D eigenvalue weighted by molar-refractivity contribution is 8.02. The van der Waals surface area contributed by atoms with E-state index in [1.165, 1.54) is 10.5 Å². The summed E-state index contributed by atoms with van der Waals surface area (Å²) in [6, 6.07) is 17.7. The van der Waals surface area contributed by atoms with E-state index in [0.29, 0.717) is 5.92 Å². The Hall–Kier alpha value is -2.00. The quantitative estimate of drug-likeness (QED) is 0.617. The summed E-state index contributed by atoms with van der Waals surface area (Å²) in [5.41, 5.74) is 2.11. The number of anilines is 1. The van der Waals surface area contributed by atoms with Crippen molar-refractivity contribution in [1.82, 2.24) is 0 Å². The molecule has 2 nitrogen and oxygen atoms in total.